The zero-order chi connectivity index (χ0) is 18.7. The number of anilines is 1. The number of benzene rings is 1. The number of aryl methyl sites for hydroxylation is 1. The van der Waals surface area contributed by atoms with E-state index < -0.39 is 15.9 Å². The number of hydrogen-bond acceptors (Lipinski definition) is 7. The van der Waals surface area contributed by atoms with Gasteiger partial charge in [0.25, 0.3) is 5.91 Å². The number of piperidine rings is 1. The summed E-state index contributed by atoms with van der Waals surface area (Å²) in [5, 5.41) is 9.34. The van der Waals surface area contributed by atoms with Crippen molar-refractivity contribution in [3.8, 4) is 0 Å². The van der Waals surface area contributed by atoms with Gasteiger partial charge in [-0.1, -0.05) is 29.0 Å². The fourth-order valence-electron chi connectivity index (χ4n) is 2.76. The molecule has 10 heteroatoms. The third kappa shape index (κ3) is 4.21. The molecule has 0 saturated carbocycles. The van der Waals surface area contributed by atoms with Crippen LogP contribution < -0.4 is 15.1 Å². The van der Waals surface area contributed by atoms with Gasteiger partial charge in [0, 0.05) is 19.1 Å². The Morgan fingerprint density at radius 1 is 1.27 bits per heavy atom. The highest BCUT2D eigenvalue weighted by Crippen LogP contribution is 2.26. The predicted octanol–water partition coefficient (Wildman–Crippen LogP) is 1.52. The van der Waals surface area contributed by atoms with Crippen molar-refractivity contribution in [1.82, 2.24) is 15.2 Å². The Hall–Kier alpha value is -2.01. The van der Waals surface area contributed by atoms with Gasteiger partial charge in [-0.05, 0) is 31.9 Å². The van der Waals surface area contributed by atoms with Crippen LogP contribution in [-0.4, -0.2) is 43.6 Å². The first-order valence-electron chi connectivity index (χ1n) is 8.13. The van der Waals surface area contributed by atoms with Crippen LogP contribution in [0, 0.1) is 6.92 Å². The number of carbonyl (C=O) groups excluding carboxylic acids is 1. The largest absolute Gasteiger partial charge is 0.348 e. The molecule has 1 aromatic carbocycles. The standard InChI is InChI=1S/C16H20N4O4S2/c1-11-2-4-13(5-3-11)26(23,24)19-12-6-8-20(9-7-12)16-17-10-14(25-16)15(21)18-22/h2-5,10,12,19,22H,6-9H2,1H3,(H,18,21). The van der Waals surface area contributed by atoms with Gasteiger partial charge in [0.1, 0.15) is 4.88 Å². The summed E-state index contributed by atoms with van der Waals surface area (Å²) in [6.07, 6.45) is 2.70. The van der Waals surface area contributed by atoms with Crippen LogP contribution in [0.5, 0.6) is 0 Å². The fraction of sp³-hybridized carbons (Fsp3) is 0.375. The van der Waals surface area contributed by atoms with Gasteiger partial charge in [0.15, 0.2) is 5.13 Å². The lowest BCUT2D eigenvalue weighted by atomic mass is 10.1. The molecule has 1 aliphatic heterocycles. The zero-order valence-corrected chi connectivity index (χ0v) is 15.8. The second-order valence-electron chi connectivity index (χ2n) is 6.14. The summed E-state index contributed by atoms with van der Waals surface area (Å²) < 4.78 is 27.7. The molecule has 0 radical (unpaired) electrons. The summed E-state index contributed by atoms with van der Waals surface area (Å²) in [6.45, 7) is 3.18. The number of carbonyl (C=O) groups is 1. The molecule has 0 aliphatic carbocycles. The van der Waals surface area contributed by atoms with Crippen molar-refractivity contribution in [1.29, 1.82) is 0 Å². The lowest BCUT2D eigenvalue weighted by Gasteiger charge is -2.31. The minimum Gasteiger partial charge on any atom is -0.348 e. The number of rotatable bonds is 5. The van der Waals surface area contributed by atoms with Gasteiger partial charge in [0.05, 0.1) is 11.1 Å². The number of hydrogen-bond donors (Lipinski definition) is 3. The van der Waals surface area contributed by atoms with Crippen LogP contribution in [0.1, 0.15) is 28.1 Å². The van der Waals surface area contributed by atoms with Crippen LogP contribution in [0.4, 0.5) is 5.13 Å². The maximum atomic E-state index is 12.5. The highest BCUT2D eigenvalue weighted by molar-refractivity contribution is 7.89. The molecule has 0 unspecified atom stereocenters. The summed E-state index contributed by atoms with van der Waals surface area (Å²) in [7, 11) is -3.53. The molecule has 1 fully saturated rings. The van der Waals surface area contributed by atoms with Crippen molar-refractivity contribution >= 4 is 32.4 Å². The first-order valence-corrected chi connectivity index (χ1v) is 10.4. The number of aromatic nitrogens is 1. The van der Waals surface area contributed by atoms with Crippen LogP contribution in [0.25, 0.3) is 0 Å². The van der Waals surface area contributed by atoms with E-state index in [4.69, 9.17) is 5.21 Å². The lowest BCUT2D eigenvalue weighted by molar-refractivity contribution is 0.0710. The molecule has 3 rings (SSSR count). The number of nitrogens with one attached hydrogen (secondary N) is 2. The van der Waals surface area contributed by atoms with E-state index in [2.05, 4.69) is 9.71 Å². The zero-order valence-electron chi connectivity index (χ0n) is 14.2. The van der Waals surface area contributed by atoms with Gasteiger partial charge < -0.3 is 4.90 Å². The first-order chi connectivity index (χ1) is 12.4. The predicted molar refractivity (Wildman–Crippen MR) is 98.1 cm³/mol. The molecule has 2 heterocycles. The molecule has 3 N–H and O–H groups in total. The van der Waals surface area contributed by atoms with Gasteiger partial charge in [-0.3, -0.25) is 10.0 Å². The normalized spacial score (nSPS) is 15.8. The third-order valence-electron chi connectivity index (χ3n) is 4.24. The van der Waals surface area contributed by atoms with E-state index in [1.807, 2.05) is 11.8 Å². The molecule has 140 valence electrons. The number of thiazole rings is 1. The molecular weight excluding hydrogens is 376 g/mol. The first kappa shape index (κ1) is 18.8. The Labute approximate surface area is 155 Å². The summed E-state index contributed by atoms with van der Waals surface area (Å²) in [5.41, 5.74) is 2.59. The van der Waals surface area contributed by atoms with E-state index in [1.54, 1.807) is 29.7 Å². The minimum absolute atomic E-state index is 0.141. The van der Waals surface area contributed by atoms with Crippen LogP contribution in [0.2, 0.25) is 0 Å². The molecule has 0 spiro atoms. The van der Waals surface area contributed by atoms with Crippen molar-refractivity contribution in [2.24, 2.45) is 0 Å². The molecule has 1 aromatic heterocycles. The Balaban J connectivity index is 1.59. The van der Waals surface area contributed by atoms with Gasteiger partial charge >= 0.3 is 0 Å². The van der Waals surface area contributed by atoms with Crippen molar-refractivity contribution in [3.63, 3.8) is 0 Å². The Kier molecular flexibility index (Phi) is 5.56. The van der Waals surface area contributed by atoms with E-state index >= 15 is 0 Å². The van der Waals surface area contributed by atoms with Crippen LogP contribution >= 0.6 is 11.3 Å². The molecule has 2 aromatic rings. The maximum absolute atomic E-state index is 12.5. The Bertz CT molecular complexity index is 872. The summed E-state index contributed by atoms with van der Waals surface area (Å²) in [4.78, 5) is 18.2. The second-order valence-corrected chi connectivity index (χ2v) is 8.87. The summed E-state index contributed by atoms with van der Waals surface area (Å²) in [5.74, 6) is -0.588. The topological polar surface area (TPSA) is 112 Å². The number of nitrogens with zero attached hydrogens (tertiary/aromatic N) is 2. The smallest absolute Gasteiger partial charge is 0.286 e. The minimum atomic E-state index is -3.53. The van der Waals surface area contributed by atoms with E-state index in [1.165, 1.54) is 17.5 Å². The third-order valence-corrected chi connectivity index (χ3v) is 6.83. The van der Waals surface area contributed by atoms with Crippen molar-refractivity contribution in [2.45, 2.75) is 30.7 Å². The van der Waals surface area contributed by atoms with E-state index in [0.717, 1.165) is 5.56 Å². The molecule has 26 heavy (non-hydrogen) atoms. The number of amides is 1. The van der Waals surface area contributed by atoms with Crippen LogP contribution in [-0.2, 0) is 10.0 Å². The SMILES string of the molecule is Cc1ccc(S(=O)(=O)NC2CCN(c3ncc(C(=O)NO)s3)CC2)cc1. The molecule has 0 atom stereocenters. The molecule has 1 saturated heterocycles. The molecule has 0 bridgehead atoms. The van der Waals surface area contributed by atoms with E-state index in [9.17, 15) is 13.2 Å². The molecule has 1 aliphatic rings. The van der Waals surface area contributed by atoms with Crippen LogP contribution in [0.15, 0.2) is 35.4 Å². The molecule has 1 amide bonds. The van der Waals surface area contributed by atoms with Gasteiger partial charge in [0.2, 0.25) is 10.0 Å². The highest BCUT2D eigenvalue weighted by atomic mass is 32.2. The molecular formula is C16H20N4O4S2. The average molecular weight is 396 g/mol. The summed E-state index contributed by atoms with van der Waals surface area (Å²) >= 11 is 1.19. The monoisotopic (exact) mass is 396 g/mol. The van der Waals surface area contributed by atoms with Crippen molar-refractivity contribution < 1.29 is 18.4 Å². The summed E-state index contributed by atoms with van der Waals surface area (Å²) in [6, 6.07) is 6.63. The van der Waals surface area contributed by atoms with Gasteiger partial charge in [-0.25, -0.2) is 23.6 Å². The molecule has 8 nitrogen and oxygen atoms in total. The lowest BCUT2D eigenvalue weighted by Crippen LogP contribution is -2.44. The Morgan fingerprint density at radius 3 is 2.54 bits per heavy atom. The van der Waals surface area contributed by atoms with Crippen LogP contribution in [0.3, 0.4) is 0 Å². The van der Waals surface area contributed by atoms with Crippen molar-refractivity contribution in [2.75, 3.05) is 18.0 Å². The fourth-order valence-corrected chi connectivity index (χ4v) is 4.93. The van der Waals surface area contributed by atoms with E-state index in [0.29, 0.717) is 35.9 Å². The quantitative estimate of drug-likeness (QED) is 0.522. The van der Waals surface area contributed by atoms with Gasteiger partial charge in [-0.2, -0.15) is 0 Å². The number of sulfonamides is 1. The Morgan fingerprint density at radius 2 is 1.92 bits per heavy atom. The van der Waals surface area contributed by atoms with Crippen molar-refractivity contribution in [3.05, 3.63) is 40.9 Å². The van der Waals surface area contributed by atoms with E-state index in [-0.39, 0.29) is 10.9 Å². The second kappa shape index (κ2) is 7.70. The number of hydroxylamine groups is 1. The average Bonchev–Trinajstić information content (AvgIpc) is 3.12. The highest BCUT2D eigenvalue weighted by Gasteiger charge is 2.26. The van der Waals surface area contributed by atoms with Gasteiger partial charge in [-0.15, -0.1) is 0 Å². The maximum Gasteiger partial charge on any atom is 0.286 e.